The lowest BCUT2D eigenvalue weighted by atomic mass is 10.1. The highest BCUT2D eigenvalue weighted by Crippen LogP contribution is 2.38. The van der Waals surface area contributed by atoms with Crippen LogP contribution in [-0.2, 0) is 19.0 Å². The number of benzene rings is 1. The number of urea groups is 1. The molecule has 1 saturated heterocycles. The molecule has 11 heteroatoms. The van der Waals surface area contributed by atoms with Crippen LogP contribution in [-0.4, -0.2) is 53.0 Å². The van der Waals surface area contributed by atoms with E-state index in [2.05, 4.69) is 9.37 Å². The highest BCUT2D eigenvalue weighted by Gasteiger charge is 2.40. The van der Waals surface area contributed by atoms with Crippen molar-refractivity contribution >= 4 is 35.6 Å². The van der Waals surface area contributed by atoms with Gasteiger partial charge in [-0.25, -0.2) is 4.79 Å². The summed E-state index contributed by atoms with van der Waals surface area (Å²) >= 11 is 0.928. The summed E-state index contributed by atoms with van der Waals surface area (Å²) < 4.78 is 10.3. The number of anilines is 1. The number of para-hydroxylation sites is 2. The Balaban J connectivity index is 1.77. The standard InChI is InChI=1S/C26H33N3O7S/c1-3-5-16-28-24(30)20(25(31)29(26(28)32)17-6-4-2)12-7-10-15-23-27(18-11-19-37-36-35-33)21-13-8-9-14-22(21)34-23/h7-10,12-15,33H,3-6,11,16-19H2,1-2H3/p-1/b10-7+,23-15-. The van der Waals surface area contributed by atoms with Crippen molar-refractivity contribution in [3.63, 3.8) is 0 Å². The minimum atomic E-state index is -0.568. The van der Waals surface area contributed by atoms with Crippen molar-refractivity contribution in [2.45, 2.75) is 46.0 Å². The van der Waals surface area contributed by atoms with Gasteiger partial charge in [0.2, 0.25) is 5.88 Å². The maximum Gasteiger partial charge on any atom is 0.333 e. The van der Waals surface area contributed by atoms with E-state index < -0.39 is 17.8 Å². The van der Waals surface area contributed by atoms with Crippen molar-refractivity contribution < 1.29 is 33.7 Å². The first-order valence-corrected chi connectivity index (χ1v) is 13.3. The second-order valence-electron chi connectivity index (χ2n) is 8.41. The zero-order valence-corrected chi connectivity index (χ0v) is 21.9. The largest absolute Gasteiger partial charge is 0.691 e. The number of carbonyl (C=O) groups is 3. The van der Waals surface area contributed by atoms with Crippen LogP contribution in [0.2, 0.25) is 0 Å². The normalized spacial score (nSPS) is 16.8. The number of fused-ring (bicyclic) bond motifs is 1. The van der Waals surface area contributed by atoms with Gasteiger partial charge >= 0.3 is 6.03 Å². The first-order chi connectivity index (χ1) is 18.0. The number of hydrogen-bond acceptors (Lipinski definition) is 9. The van der Waals surface area contributed by atoms with Crippen LogP contribution in [0.15, 0.2) is 60.0 Å². The molecule has 2 aliphatic rings. The third kappa shape index (κ3) is 7.22. The van der Waals surface area contributed by atoms with Gasteiger partial charge in [-0.3, -0.25) is 24.4 Å². The molecule has 2 heterocycles. The molecule has 2 aliphatic heterocycles. The highest BCUT2D eigenvalue weighted by molar-refractivity contribution is 7.94. The van der Waals surface area contributed by atoms with E-state index in [9.17, 15) is 19.6 Å². The van der Waals surface area contributed by atoms with Crippen molar-refractivity contribution in [2.75, 3.05) is 30.3 Å². The summed E-state index contributed by atoms with van der Waals surface area (Å²) in [6.45, 7) is 5.12. The molecule has 0 unspecified atom stereocenters. The number of unbranched alkanes of at least 4 members (excludes halogenated alkanes) is 2. The molecule has 10 nitrogen and oxygen atoms in total. The van der Waals surface area contributed by atoms with Crippen LogP contribution in [0.4, 0.5) is 10.5 Å². The zero-order valence-electron chi connectivity index (χ0n) is 21.1. The molecule has 37 heavy (non-hydrogen) atoms. The minimum Gasteiger partial charge on any atom is -0.691 e. The molecule has 1 aromatic carbocycles. The number of amides is 4. The first-order valence-electron chi connectivity index (χ1n) is 12.4. The van der Waals surface area contributed by atoms with Gasteiger partial charge in [-0.15, -0.1) is 0 Å². The van der Waals surface area contributed by atoms with Crippen molar-refractivity contribution in [3.8, 4) is 5.75 Å². The molecule has 0 atom stereocenters. The number of ether oxygens (including phenoxy) is 1. The Labute approximate surface area is 221 Å². The molecular weight excluding hydrogens is 498 g/mol. The Hall–Kier alpha value is -3.12. The molecule has 1 aromatic rings. The van der Waals surface area contributed by atoms with Crippen LogP contribution >= 0.6 is 12.0 Å². The Bertz CT molecular complexity index is 1020. The maximum atomic E-state index is 13.0. The van der Waals surface area contributed by atoms with E-state index >= 15 is 0 Å². The number of hydrogen-bond donors (Lipinski definition) is 0. The molecule has 0 radical (unpaired) electrons. The van der Waals surface area contributed by atoms with Crippen LogP contribution in [0.3, 0.4) is 0 Å². The van der Waals surface area contributed by atoms with Gasteiger partial charge in [0.25, 0.3) is 11.8 Å². The maximum absolute atomic E-state index is 13.0. The van der Waals surface area contributed by atoms with Gasteiger partial charge in [0, 0.05) is 37.4 Å². The molecule has 0 N–H and O–H groups in total. The number of allylic oxidation sites excluding steroid dienone is 4. The van der Waals surface area contributed by atoms with E-state index in [1.54, 1.807) is 18.2 Å². The topological polar surface area (TPSA) is 112 Å². The lowest BCUT2D eigenvalue weighted by molar-refractivity contribution is -0.777. The minimum absolute atomic E-state index is 0.0356. The fourth-order valence-corrected chi connectivity index (χ4v) is 4.26. The summed E-state index contributed by atoms with van der Waals surface area (Å²) in [5.74, 6) is 0.694. The van der Waals surface area contributed by atoms with Gasteiger partial charge < -0.3 is 14.9 Å². The average Bonchev–Trinajstić information content (AvgIpc) is 3.25. The monoisotopic (exact) mass is 530 g/mol. The predicted molar refractivity (Wildman–Crippen MR) is 138 cm³/mol. The molecule has 3 rings (SSSR count). The van der Waals surface area contributed by atoms with E-state index in [4.69, 9.17) is 4.74 Å². The zero-order chi connectivity index (χ0) is 26.6. The van der Waals surface area contributed by atoms with Crippen LogP contribution in [0, 0.1) is 0 Å². The molecule has 0 bridgehead atoms. The molecule has 1 fully saturated rings. The van der Waals surface area contributed by atoms with Gasteiger partial charge in [-0.1, -0.05) is 51.0 Å². The summed E-state index contributed by atoms with van der Waals surface area (Å²) in [7, 11) is 0. The number of imide groups is 2. The quantitative estimate of drug-likeness (QED) is 0.0884. The van der Waals surface area contributed by atoms with Crippen molar-refractivity contribution in [3.05, 3.63) is 60.0 Å². The van der Waals surface area contributed by atoms with Gasteiger partial charge in [0.05, 0.1) is 5.69 Å². The molecule has 0 aliphatic carbocycles. The molecule has 0 aromatic heterocycles. The van der Waals surface area contributed by atoms with E-state index in [1.807, 2.05) is 43.0 Å². The third-order valence-electron chi connectivity index (χ3n) is 5.82. The fourth-order valence-electron chi connectivity index (χ4n) is 3.90. The Morgan fingerprint density at radius 3 is 2.16 bits per heavy atom. The summed E-state index contributed by atoms with van der Waals surface area (Å²) in [6.07, 6.45) is 10.2. The van der Waals surface area contributed by atoms with Crippen molar-refractivity contribution in [1.29, 1.82) is 0 Å². The van der Waals surface area contributed by atoms with Gasteiger partial charge in [-0.2, -0.15) is 4.33 Å². The fraction of sp³-hybridized carbons (Fsp3) is 0.423. The summed E-state index contributed by atoms with van der Waals surface area (Å²) in [5.41, 5.74) is 0.868. The van der Waals surface area contributed by atoms with Gasteiger partial charge in [0.15, 0.2) is 5.75 Å². The van der Waals surface area contributed by atoms with Gasteiger partial charge in [-0.05, 0) is 43.5 Å². The second-order valence-corrected chi connectivity index (χ2v) is 9.19. The molecule has 0 saturated carbocycles. The SMILES string of the molecule is CCCCN1C(=O)C(=C/C=C/C=C2\Oc3ccccc3N2CCCSOO[O-])C(=O)N(CCCC)C1=O. The van der Waals surface area contributed by atoms with E-state index in [1.165, 1.54) is 6.08 Å². The summed E-state index contributed by atoms with van der Waals surface area (Å²) in [6, 6.07) is 7.06. The average molecular weight is 531 g/mol. The Morgan fingerprint density at radius 2 is 1.51 bits per heavy atom. The van der Waals surface area contributed by atoms with E-state index in [-0.39, 0.29) is 18.7 Å². The Morgan fingerprint density at radius 1 is 0.892 bits per heavy atom. The summed E-state index contributed by atoms with van der Waals surface area (Å²) in [5, 5.41) is 13.3. The van der Waals surface area contributed by atoms with Crippen molar-refractivity contribution in [2.24, 2.45) is 0 Å². The van der Waals surface area contributed by atoms with E-state index in [0.29, 0.717) is 43.2 Å². The lowest BCUT2D eigenvalue weighted by Gasteiger charge is -2.33. The molecular formula is C26H32N3O7S-. The molecule has 200 valence electrons. The number of barbiturate groups is 1. The second kappa shape index (κ2) is 14.6. The Kier molecular flexibility index (Phi) is 11.2. The predicted octanol–water partition coefficient (Wildman–Crippen LogP) is 3.86. The van der Waals surface area contributed by atoms with Crippen molar-refractivity contribution in [1.82, 2.24) is 9.80 Å². The van der Waals surface area contributed by atoms with Crippen LogP contribution in [0.25, 0.3) is 0 Å². The smallest absolute Gasteiger partial charge is 0.333 e. The van der Waals surface area contributed by atoms with E-state index in [0.717, 1.165) is 40.4 Å². The highest BCUT2D eigenvalue weighted by atomic mass is 32.2. The summed E-state index contributed by atoms with van der Waals surface area (Å²) in [4.78, 5) is 43.1. The van der Waals surface area contributed by atoms with Crippen LogP contribution < -0.4 is 14.9 Å². The van der Waals surface area contributed by atoms with Crippen LogP contribution in [0.5, 0.6) is 5.75 Å². The number of rotatable bonds is 14. The third-order valence-corrected chi connectivity index (χ3v) is 6.43. The molecule has 4 amide bonds. The van der Waals surface area contributed by atoms with Crippen LogP contribution in [0.1, 0.15) is 46.0 Å². The lowest BCUT2D eigenvalue weighted by Crippen LogP contribution is -2.56. The number of nitrogens with zero attached hydrogens (tertiary/aromatic N) is 3. The molecule has 0 spiro atoms. The number of carbonyl (C=O) groups excluding carboxylic acids is 3. The van der Waals surface area contributed by atoms with Gasteiger partial charge in [0.1, 0.15) is 5.57 Å². The first kappa shape index (κ1) is 28.5.